The molecule has 0 aliphatic carbocycles. The van der Waals surface area contributed by atoms with Crippen LogP contribution in [0.4, 0.5) is 0 Å². The lowest BCUT2D eigenvalue weighted by molar-refractivity contribution is -0.151. The van der Waals surface area contributed by atoms with Crippen LogP contribution in [0.2, 0.25) is 0 Å². The van der Waals surface area contributed by atoms with E-state index in [9.17, 15) is 19.8 Å². The number of amides is 1. The Kier molecular flexibility index (Phi) is 49.0. The zero-order valence-corrected chi connectivity index (χ0v) is 41.8. The van der Waals surface area contributed by atoms with E-state index < -0.39 is 18.2 Å². The summed E-state index contributed by atoms with van der Waals surface area (Å²) in [5, 5.41) is 23.8. The average molecular weight is 874 g/mol. The van der Waals surface area contributed by atoms with E-state index in [1.807, 2.05) is 0 Å². The predicted octanol–water partition coefficient (Wildman–Crippen LogP) is 16.7. The van der Waals surface area contributed by atoms with Gasteiger partial charge in [-0.15, -0.1) is 0 Å². The van der Waals surface area contributed by atoms with Crippen molar-refractivity contribution in [1.29, 1.82) is 0 Å². The molecule has 6 nitrogen and oxygen atoms in total. The van der Waals surface area contributed by atoms with Gasteiger partial charge in [-0.3, -0.25) is 9.59 Å². The molecule has 0 heterocycles. The number of aliphatic hydroxyl groups is 2. The van der Waals surface area contributed by atoms with Crippen LogP contribution in [0.5, 0.6) is 0 Å². The summed E-state index contributed by atoms with van der Waals surface area (Å²) >= 11 is 0. The van der Waals surface area contributed by atoms with Crippen LogP contribution in [0.1, 0.15) is 297 Å². The molecule has 0 radical (unpaired) electrons. The van der Waals surface area contributed by atoms with Gasteiger partial charge in [-0.25, -0.2) is 0 Å². The maximum absolute atomic E-state index is 13.2. The fraction of sp³-hybridized carbons (Fsp3) is 0.893. The first-order chi connectivity index (χ1) is 30.5. The first-order valence-corrected chi connectivity index (χ1v) is 27.6. The van der Waals surface area contributed by atoms with Gasteiger partial charge in [0.05, 0.1) is 25.2 Å². The first-order valence-electron chi connectivity index (χ1n) is 27.6. The summed E-state index contributed by atoms with van der Waals surface area (Å²) in [4.78, 5) is 26.1. The van der Waals surface area contributed by atoms with Crippen molar-refractivity contribution in [3.05, 3.63) is 24.3 Å². The molecule has 0 rings (SSSR count). The number of carbonyl (C=O) groups excluding carboxylic acids is 2. The molecule has 3 atom stereocenters. The van der Waals surface area contributed by atoms with E-state index in [1.54, 1.807) is 0 Å². The van der Waals surface area contributed by atoms with E-state index in [2.05, 4.69) is 50.4 Å². The number of ether oxygens (including phenoxy) is 1. The van der Waals surface area contributed by atoms with Crippen molar-refractivity contribution < 1.29 is 24.5 Å². The molecule has 0 aromatic heterocycles. The molecule has 0 aliphatic rings. The summed E-state index contributed by atoms with van der Waals surface area (Å²) < 4.78 is 5.91. The highest BCUT2D eigenvalue weighted by molar-refractivity contribution is 5.77. The molecule has 0 aromatic carbocycles. The minimum atomic E-state index is -0.783. The van der Waals surface area contributed by atoms with Crippen LogP contribution >= 0.6 is 0 Å². The molecular formula is C56H107NO5. The third-order valence-electron chi connectivity index (χ3n) is 12.8. The van der Waals surface area contributed by atoms with Crippen molar-refractivity contribution in [2.75, 3.05) is 6.61 Å². The Morgan fingerprint density at radius 3 is 1.26 bits per heavy atom. The third kappa shape index (κ3) is 44.9. The second-order valence-corrected chi connectivity index (χ2v) is 19.0. The van der Waals surface area contributed by atoms with Crippen LogP contribution in [0.25, 0.3) is 0 Å². The highest BCUT2D eigenvalue weighted by Crippen LogP contribution is 2.18. The zero-order chi connectivity index (χ0) is 45.2. The topological polar surface area (TPSA) is 95.9 Å². The summed E-state index contributed by atoms with van der Waals surface area (Å²) in [7, 11) is 0. The molecule has 0 saturated heterocycles. The third-order valence-corrected chi connectivity index (χ3v) is 12.8. The monoisotopic (exact) mass is 874 g/mol. The number of hydrogen-bond acceptors (Lipinski definition) is 5. The molecule has 0 fully saturated rings. The zero-order valence-electron chi connectivity index (χ0n) is 41.8. The second kappa shape index (κ2) is 50.3. The summed E-state index contributed by atoms with van der Waals surface area (Å²) in [6.45, 7) is 6.46. The summed E-state index contributed by atoms with van der Waals surface area (Å²) in [6.07, 6.45) is 58.3. The van der Waals surface area contributed by atoms with Crippen molar-refractivity contribution in [2.24, 2.45) is 0 Å². The predicted molar refractivity (Wildman–Crippen MR) is 269 cm³/mol. The van der Waals surface area contributed by atoms with Gasteiger partial charge in [0.25, 0.3) is 0 Å². The Balaban J connectivity index is 4.27. The van der Waals surface area contributed by atoms with Crippen molar-refractivity contribution in [1.82, 2.24) is 5.32 Å². The number of unbranched alkanes of at least 4 members (excludes halogenated alkanes) is 34. The highest BCUT2D eigenvalue weighted by atomic mass is 16.5. The van der Waals surface area contributed by atoms with Crippen LogP contribution in [0.3, 0.4) is 0 Å². The van der Waals surface area contributed by atoms with Gasteiger partial charge in [0.15, 0.2) is 0 Å². The largest absolute Gasteiger partial charge is 0.462 e. The molecule has 0 saturated carbocycles. The van der Waals surface area contributed by atoms with Gasteiger partial charge < -0.3 is 20.3 Å². The lowest BCUT2D eigenvalue weighted by Gasteiger charge is -2.24. The molecule has 0 spiro atoms. The molecule has 1 amide bonds. The number of allylic oxidation sites excluding steroid dienone is 4. The van der Waals surface area contributed by atoms with Gasteiger partial charge in [0.1, 0.15) is 6.10 Å². The minimum Gasteiger partial charge on any atom is -0.462 e. The van der Waals surface area contributed by atoms with E-state index in [1.165, 1.54) is 199 Å². The number of rotatable bonds is 50. The Bertz CT molecular complexity index is 981. The molecule has 366 valence electrons. The number of nitrogens with one attached hydrogen (secondary N) is 1. The standard InChI is InChI=1S/C56H107NO5/c1-4-7-10-13-16-18-20-22-24-26-27-29-31-33-35-37-40-43-46-49-56(61)62-52(47-44-41-38-15-12-9-6-3)50-55(60)57-53(51-58)54(59)48-45-42-39-36-34-32-30-28-25-23-21-19-17-14-11-8-5-2/h16,18,22,24,52-54,58-59H,4-15,17,19-21,23,25-51H2,1-3H3,(H,57,60)/b18-16-,24-22-. The van der Waals surface area contributed by atoms with Crippen molar-refractivity contribution >= 4 is 11.9 Å². The van der Waals surface area contributed by atoms with Gasteiger partial charge in [-0.05, 0) is 57.8 Å². The SMILES string of the molecule is CCCCC/C=C\C/C=C\CCCCCCCCCCCC(=O)OC(CCCCCCCCC)CC(=O)NC(CO)C(O)CCCCCCCCCCCCCCCCCCC. The van der Waals surface area contributed by atoms with Gasteiger partial charge in [-0.2, -0.15) is 0 Å². The van der Waals surface area contributed by atoms with Crippen LogP contribution in [-0.2, 0) is 14.3 Å². The van der Waals surface area contributed by atoms with Crippen LogP contribution in [-0.4, -0.2) is 46.9 Å². The molecule has 62 heavy (non-hydrogen) atoms. The molecule has 0 bridgehead atoms. The lowest BCUT2D eigenvalue weighted by Crippen LogP contribution is -2.46. The molecule has 3 unspecified atom stereocenters. The lowest BCUT2D eigenvalue weighted by atomic mass is 10.0. The summed E-state index contributed by atoms with van der Waals surface area (Å²) in [5.41, 5.74) is 0. The second-order valence-electron chi connectivity index (χ2n) is 19.0. The normalized spacial score (nSPS) is 13.3. The Morgan fingerprint density at radius 1 is 0.468 bits per heavy atom. The Hall–Kier alpha value is -1.66. The van der Waals surface area contributed by atoms with Crippen molar-refractivity contribution in [3.63, 3.8) is 0 Å². The van der Waals surface area contributed by atoms with Gasteiger partial charge >= 0.3 is 5.97 Å². The average Bonchev–Trinajstić information content (AvgIpc) is 3.26. The fourth-order valence-electron chi connectivity index (χ4n) is 8.58. The van der Waals surface area contributed by atoms with E-state index in [0.29, 0.717) is 19.3 Å². The minimum absolute atomic E-state index is 0.0801. The van der Waals surface area contributed by atoms with Crippen molar-refractivity contribution in [2.45, 2.75) is 315 Å². The Morgan fingerprint density at radius 2 is 0.823 bits per heavy atom. The van der Waals surface area contributed by atoms with Crippen molar-refractivity contribution in [3.8, 4) is 0 Å². The van der Waals surface area contributed by atoms with Crippen LogP contribution < -0.4 is 5.32 Å². The molecule has 3 N–H and O–H groups in total. The van der Waals surface area contributed by atoms with Gasteiger partial charge in [0.2, 0.25) is 5.91 Å². The van der Waals surface area contributed by atoms with Gasteiger partial charge in [-0.1, -0.05) is 251 Å². The number of hydrogen-bond donors (Lipinski definition) is 3. The Labute approximate surface area is 386 Å². The molecule has 0 aromatic rings. The number of carbonyl (C=O) groups is 2. The highest BCUT2D eigenvalue weighted by Gasteiger charge is 2.24. The maximum atomic E-state index is 13.2. The maximum Gasteiger partial charge on any atom is 0.306 e. The molecular weight excluding hydrogens is 767 g/mol. The molecule has 6 heteroatoms. The van der Waals surface area contributed by atoms with Gasteiger partial charge in [0, 0.05) is 6.42 Å². The first kappa shape index (κ1) is 60.3. The van der Waals surface area contributed by atoms with E-state index in [0.717, 1.165) is 51.4 Å². The van der Waals surface area contributed by atoms with Crippen LogP contribution in [0.15, 0.2) is 24.3 Å². The number of esters is 1. The summed E-state index contributed by atoms with van der Waals surface area (Å²) in [5.74, 6) is -0.469. The van der Waals surface area contributed by atoms with Crippen LogP contribution in [0, 0.1) is 0 Å². The van der Waals surface area contributed by atoms with E-state index in [-0.39, 0.29) is 24.9 Å². The quantitative estimate of drug-likeness (QED) is 0.0321. The summed E-state index contributed by atoms with van der Waals surface area (Å²) in [6, 6.07) is -0.696. The smallest absolute Gasteiger partial charge is 0.306 e. The van der Waals surface area contributed by atoms with E-state index >= 15 is 0 Å². The molecule has 0 aliphatic heterocycles. The fourth-order valence-corrected chi connectivity index (χ4v) is 8.58. The number of aliphatic hydroxyl groups excluding tert-OH is 2. The van der Waals surface area contributed by atoms with E-state index in [4.69, 9.17) is 4.74 Å².